The SMILES string of the molecule is NC(=O)c1nccnc1Nc1cc(-c2ncccn2)ccc1NC1CCCCC1N. The second kappa shape index (κ2) is 8.83. The Balaban J connectivity index is 1.72. The number of aromatic nitrogens is 4. The lowest BCUT2D eigenvalue weighted by Gasteiger charge is -2.31. The molecule has 0 spiro atoms. The quantitative estimate of drug-likeness (QED) is 0.490. The zero-order chi connectivity index (χ0) is 20.9. The molecule has 2 heterocycles. The van der Waals surface area contributed by atoms with E-state index in [4.69, 9.17) is 11.5 Å². The largest absolute Gasteiger partial charge is 0.379 e. The number of nitrogens with two attached hydrogens (primary N) is 2. The van der Waals surface area contributed by atoms with Crippen LogP contribution in [0.2, 0.25) is 0 Å². The van der Waals surface area contributed by atoms with E-state index in [-0.39, 0.29) is 23.6 Å². The van der Waals surface area contributed by atoms with Crippen LogP contribution in [0.3, 0.4) is 0 Å². The van der Waals surface area contributed by atoms with Gasteiger partial charge in [-0.2, -0.15) is 0 Å². The first-order chi connectivity index (χ1) is 14.6. The van der Waals surface area contributed by atoms with Crippen LogP contribution in [0.25, 0.3) is 11.4 Å². The summed E-state index contributed by atoms with van der Waals surface area (Å²) >= 11 is 0. The van der Waals surface area contributed by atoms with E-state index in [1.165, 1.54) is 12.4 Å². The Morgan fingerprint density at radius 2 is 1.73 bits per heavy atom. The van der Waals surface area contributed by atoms with Crippen molar-refractivity contribution in [2.75, 3.05) is 10.6 Å². The minimum absolute atomic E-state index is 0.0687. The van der Waals surface area contributed by atoms with Crippen LogP contribution in [0.5, 0.6) is 0 Å². The first kappa shape index (κ1) is 19.7. The van der Waals surface area contributed by atoms with Crippen LogP contribution in [0.15, 0.2) is 49.1 Å². The second-order valence-corrected chi connectivity index (χ2v) is 7.27. The van der Waals surface area contributed by atoms with Gasteiger partial charge in [-0.05, 0) is 37.1 Å². The number of amides is 1. The maximum atomic E-state index is 11.8. The third-order valence-electron chi connectivity index (χ3n) is 5.19. The van der Waals surface area contributed by atoms with Gasteiger partial charge >= 0.3 is 0 Å². The zero-order valence-corrected chi connectivity index (χ0v) is 16.5. The molecule has 4 rings (SSSR count). The van der Waals surface area contributed by atoms with E-state index in [1.54, 1.807) is 18.5 Å². The molecule has 1 saturated carbocycles. The van der Waals surface area contributed by atoms with Crippen LogP contribution < -0.4 is 22.1 Å². The molecule has 3 aromatic rings. The van der Waals surface area contributed by atoms with Crippen molar-refractivity contribution in [3.05, 3.63) is 54.7 Å². The molecule has 2 unspecified atom stereocenters. The highest BCUT2D eigenvalue weighted by atomic mass is 16.1. The molecular formula is C21H24N8O. The van der Waals surface area contributed by atoms with E-state index >= 15 is 0 Å². The number of carbonyl (C=O) groups excluding carboxylic acids is 1. The molecule has 2 atom stereocenters. The van der Waals surface area contributed by atoms with Crippen LogP contribution in [0.1, 0.15) is 36.2 Å². The summed E-state index contributed by atoms with van der Waals surface area (Å²) in [6, 6.07) is 7.82. The molecule has 2 aromatic heterocycles. The average molecular weight is 404 g/mol. The van der Waals surface area contributed by atoms with Gasteiger partial charge in [-0.3, -0.25) is 4.79 Å². The lowest BCUT2D eigenvalue weighted by atomic mass is 9.91. The zero-order valence-electron chi connectivity index (χ0n) is 16.5. The summed E-state index contributed by atoms with van der Waals surface area (Å²) in [6.45, 7) is 0. The van der Waals surface area contributed by atoms with Gasteiger partial charge in [0.25, 0.3) is 5.91 Å². The van der Waals surface area contributed by atoms with E-state index in [9.17, 15) is 4.79 Å². The predicted molar refractivity (Wildman–Crippen MR) is 115 cm³/mol. The van der Waals surface area contributed by atoms with Crippen molar-refractivity contribution in [1.82, 2.24) is 19.9 Å². The van der Waals surface area contributed by atoms with Gasteiger partial charge < -0.3 is 22.1 Å². The molecule has 154 valence electrons. The standard InChI is InChI=1S/C21H24N8O/c22-14-4-1-2-5-15(14)28-16-7-6-13(20-25-8-3-9-26-20)12-17(16)29-21-18(19(23)30)24-10-11-27-21/h3,6-12,14-15,28H,1-2,4-5,22H2,(H2,23,30)(H,27,29). The summed E-state index contributed by atoms with van der Waals surface area (Å²) in [6.07, 6.45) is 10.6. The van der Waals surface area contributed by atoms with E-state index in [0.29, 0.717) is 11.5 Å². The monoisotopic (exact) mass is 404 g/mol. The number of nitrogens with zero attached hydrogens (tertiary/aromatic N) is 4. The molecule has 0 aliphatic heterocycles. The smallest absolute Gasteiger partial charge is 0.271 e. The number of rotatable bonds is 6. The molecule has 1 aliphatic rings. The van der Waals surface area contributed by atoms with Crippen molar-refractivity contribution >= 4 is 23.1 Å². The topological polar surface area (TPSA) is 145 Å². The first-order valence-electron chi connectivity index (χ1n) is 9.93. The normalized spacial score (nSPS) is 18.6. The number of hydrogen-bond acceptors (Lipinski definition) is 8. The summed E-state index contributed by atoms with van der Waals surface area (Å²) in [4.78, 5) is 28.7. The Morgan fingerprint density at radius 1 is 0.967 bits per heavy atom. The third-order valence-corrected chi connectivity index (χ3v) is 5.19. The number of carbonyl (C=O) groups is 1. The highest BCUT2D eigenvalue weighted by molar-refractivity contribution is 5.96. The van der Waals surface area contributed by atoms with E-state index in [1.807, 2.05) is 18.2 Å². The summed E-state index contributed by atoms with van der Waals surface area (Å²) in [5, 5.41) is 6.76. The molecule has 1 fully saturated rings. The van der Waals surface area contributed by atoms with Crippen LogP contribution >= 0.6 is 0 Å². The molecule has 1 amide bonds. The fourth-order valence-electron chi connectivity index (χ4n) is 3.64. The van der Waals surface area contributed by atoms with Gasteiger partial charge in [-0.25, -0.2) is 19.9 Å². The Labute approximate surface area is 174 Å². The Kier molecular flexibility index (Phi) is 5.80. The van der Waals surface area contributed by atoms with Crippen LogP contribution in [0, 0.1) is 0 Å². The molecule has 1 aliphatic carbocycles. The van der Waals surface area contributed by atoms with Gasteiger partial charge in [0.15, 0.2) is 17.3 Å². The molecule has 0 radical (unpaired) electrons. The molecular weight excluding hydrogens is 380 g/mol. The molecule has 1 aromatic carbocycles. The minimum atomic E-state index is -0.656. The fraction of sp³-hybridized carbons (Fsp3) is 0.286. The van der Waals surface area contributed by atoms with Gasteiger partial charge in [0.05, 0.1) is 11.4 Å². The van der Waals surface area contributed by atoms with Crippen LogP contribution in [-0.2, 0) is 0 Å². The maximum absolute atomic E-state index is 11.8. The van der Waals surface area contributed by atoms with Crippen molar-refractivity contribution in [1.29, 1.82) is 0 Å². The van der Waals surface area contributed by atoms with Crippen LogP contribution in [0.4, 0.5) is 17.2 Å². The Morgan fingerprint density at radius 3 is 2.50 bits per heavy atom. The van der Waals surface area contributed by atoms with Crippen molar-refractivity contribution in [2.45, 2.75) is 37.8 Å². The number of nitrogens with one attached hydrogen (secondary N) is 2. The lowest BCUT2D eigenvalue weighted by molar-refractivity contribution is 0.0996. The molecule has 0 saturated heterocycles. The maximum Gasteiger partial charge on any atom is 0.271 e. The highest BCUT2D eigenvalue weighted by Crippen LogP contribution is 2.32. The number of hydrogen-bond donors (Lipinski definition) is 4. The molecule has 30 heavy (non-hydrogen) atoms. The van der Waals surface area contributed by atoms with Crippen molar-refractivity contribution in [3.63, 3.8) is 0 Å². The molecule has 6 N–H and O–H groups in total. The first-order valence-corrected chi connectivity index (χ1v) is 9.93. The van der Waals surface area contributed by atoms with Gasteiger partial charge in [0.1, 0.15) is 0 Å². The molecule has 9 heteroatoms. The Bertz CT molecular complexity index is 1030. The van der Waals surface area contributed by atoms with Crippen molar-refractivity contribution in [3.8, 4) is 11.4 Å². The number of primary amides is 1. The third kappa shape index (κ3) is 4.36. The predicted octanol–water partition coefficient (Wildman–Crippen LogP) is 2.46. The van der Waals surface area contributed by atoms with Gasteiger partial charge in [0, 0.05) is 42.4 Å². The van der Waals surface area contributed by atoms with E-state index in [2.05, 4.69) is 30.6 Å². The molecule has 9 nitrogen and oxygen atoms in total. The van der Waals surface area contributed by atoms with Crippen LogP contribution in [-0.4, -0.2) is 37.9 Å². The van der Waals surface area contributed by atoms with Gasteiger partial charge in [-0.15, -0.1) is 0 Å². The lowest BCUT2D eigenvalue weighted by Crippen LogP contribution is -2.42. The number of benzene rings is 1. The van der Waals surface area contributed by atoms with Gasteiger partial charge in [-0.1, -0.05) is 12.8 Å². The Hall–Kier alpha value is -3.59. The highest BCUT2D eigenvalue weighted by Gasteiger charge is 2.23. The van der Waals surface area contributed by atoms with E-state index < -0.39 is 5.91 Å². The summed E-state index contributed by atoms with van der Waals surface area (Å²) in [5.74, 6) is 0.222. The summed E-state index contributed by atoms with van der Waals surface area (Å²) in [5.41, 5.74) is 14.2. The molecule has 0 bridgehead atoms. The van der Waals surface area contributed by atoms with Crippen molar-refractivity contribution < 1.29 is 4.79 Å². The van der Waals surface area contributed by atoms with Crippen molar-refractivity contribution in [2.24, 2.45) is 11.5 Å². The minimum Gasteiger partial charge on any atom is -0.379 e. The second-order valence-electron chi connectivity index (χ2n) is 7.27. The summed E-state index contributed by atoms with van der Waals surface area (Å²) in [7, 11) is 0. The number of anilines is 3. The fourth-order valence-corrected chi connectivity index (χ4v) is 3.64. The summed E-state index contributed by atoms with van der Waals surface area (Å²) < 4.78 is 0. The van der Waals surface area contributed by atoms with Gasteiger partial charge in [0.2, 0.25) is 0 Å². The average Bonchev–Trinajstić information content (AvgIpc) is 2.77. The van der Waals surface area contributed by atoms with E-state index in [0.717, 1.165) is 36.9 Å².